The van der Waals surface area contributed by atoms with E-state index in [1.807, 2.05) is 24.3 Å². The molecule has 2 atom stereocenters. The Morgan fingerprint density at radius 3 is 2.00 bits per heavy atom. The predicted molar refractivity (Wildman–Crippen MR) is 62.7 cm³/mol. The summed E-state index contributed by atoms with van der Waals surface area (Å²) in [4.78, 5) is 0. The molecule has 1 aromatic rings. The van der Waals surface area contributed by atoms with Crippen molar-refractivity contribution >= 4 is 0 Å². The van der Waals surface area contributed by atoms with Crippen LogP contribution in [-0.2, 0) is 0 Å². The molecule has 0 unspecified atom stereocenters. The van der Waals surface area contributed by atoms with Gasteiger partial charge in [-0.15, -0.1) is 0 Å². The van der Waals surface area contributed by atoms with Gasteiger partial charge < -0.3 is 16.2 Å². The molecule has 3 nitrogen and oxygen atoms in total. The van der Waals surface area contributed by atoms with E-state index < -0.39 is 0 Å². The molecule has 0 spiro atoms. The molecule has 0 amide bonds. The summed E-state index contributed by atoms with van der Waals surface area (Å²) in [5.41, 5.74) is 13.1. The van der Waals surface area contributed by atoms with E-state index in [0.717, 1.165) is 11.3 Å². The molecule has 3 heteroatoms. The minimum atomic E-state index is -0.115. The normalized spacial score (nSPS) is 15.1. The first-order valence-electron chi connectivity index (χ1n) is 5.21. The van der Waals surface area contributed by atoms with Gasteiger partial charge in [-0.2, -0.15) is 0 Å². The summed E-state index contributed by atoms with van der Waals surface area (Å²) in [5, 5.41) is 0. The van der Waals surface area contributed by atoms with Crippen LogP contribution in [0.5, 0.6) is 5.75 Å². The topological polar surface area (TPSA) is 61.3 Å². The van der Waals surface area contributed by atoms with Crippen molar-refractivity contribution in [3.8, 4) is 5.75 Å². The number of rotatable bonds is 4. The Kier molecular flexibility index (Phi) is 4.12. The lowest BCUT2D eigenvalue weighted by Crippen LogP contribution is -2.38. The van der Waals surface area contributed by atoms with Gasteiger partial charge >= 0.3 is 0 Å². The Morgan fingerprint density at radius 2 is 1.60 bits per heavy atom. The van der Waals surface area contributed by atoms with Crippen molar-refractivity contribution in [2.75, 3.05) is 7.11 Å². The first-order chi connectivity index (χ1) is 7.06. The van der Waals surface area contributed by atoms with Crippen LogP contribution in [-0.4, -0.2) is 13.2 Å². The smallest absolute Gasteiger partial charge is 0.118 e. The molecule has 1 aromatic carbocycles. The van der Waals surface area contributed by atoms with Crippen LogP contribution in [0.3, 0.4) is 0 Å². The molecule has 0 aliphatic carbocycles. The molecule has 0 aliphatic heterocycles. The molecule has 4 N–H and O–H groups in total. The van der Waals surface area contributed by atoms with Crippen LogP contribution in [0.1, 0.15) is 25.5 Å². The van der Waals surface area contributed by atoms with Crippen molar-refractivity contribution in [3.05, 3.63) is 29.8 Å². The van der Waals surface area contributed by atoms with E-state index in [9.17, 15) is 0 Å². The third-order valence-electron chi connectivity index (χ3n) is 2.69. The molecule has 0 radical (unpaired) electrons. The van der Waals surface area contributed by atoms with E-state index in [-0.39, 0.29) is 12.1 Å². The van der Waals surface area contributed by atoms with E-state index in [1.54, 1.807) is 7.11 Å². The molecular formula is C12H20N2O. The van der Waals surface area contributed by atoms with Crippen LogP contribution in [0.4, 0.5) is 0 Å². The molecule has 0 aliphatic rings. The standard InChI is InChI=1S/C12H20N2O/c1-8(2)11(13)12(14)9-4-6-10(15-3)7-5-9/h4-8,11-12H,13-14H2,1-3H3/t11-,12+/m0/s1. The van der Waals surface area contributed by atoms with E-state index in [1.165, 1.54) is 0 Å². The average Bonchev–Trinajstić information content (AvgIpc) is 2.27. The number of hydrogen-bond acceptors (Lipinski definition) is 3. The number of benzene rings is 1. The minimum Gasteiger partial charge on any atom is -0.497 e. The van der Waals surface area contributed by atoms with Gasteiger partial charge in [0, 0.05) is 12.1 Å². The second-order valence-corrected chi connectivity index (χ2v) is 4.12. The van der Waals surface area contributed by atoms with Crippen molar-refractivity contribution in [1.82, 2.24) is 0 Å². The van der Waals surface area contributed by atoms with Crippen molar-refractivity contribution in [2.24, 2.45) is 17.4 Å². The zero-order chi connectivity index (χ0) is 11.4. The third-order valence-corrected chi connectivity index (χ3v) is 2.69. The number of methoxy groups -OCH3 is 1. The van der Waals surface area contributed by atoms with Gasteiger partial charge in [-0.1, -0.05) is 26.0 Å². The van der Waals surface area contributed by atoms with Gasteiger partial charge in [0.05, 0.1) is 7.11 Å². The van der Waals surface area contributed by atoms with Crippen LogP contribution >= 0.6 is 0 Å². The summed E-state index contributed by atoms with van der Waals surface area (Å²) in [6.07, 6.45) is 0. The Hall–Kier alpha value is -1.06. The van der Waals surface area contributed by atoms with Crippen LogP contribution in [0.15, 0.2) is 24.3 Å². The van der Waals surface area contributed by atoms with E-state index >= 15 is 0 Å². The maximum absolute atomic E-state index is 6.07. The second kappa shape index (κ2) is 5.14. The van der Waals surface area contributed by atoms with Gasteiger partial charge in [0.25, 0.3) is 0 Å². The summed E-state index contributed by atoms with van der Waals surface area (Å²) in [6.45, 7) is 4.15. The summed E-state index contributed by atoms with van der Waals surface area (Å²) in [5.74, 6) is 1.21. The lowest BCUT2D eigenvalue weighted by molar-refractivity contribution is 0.411. The molecule has 0 bridgehead atoms. The lowest BCUT2D eigenvalue weighted by Gasteiger charge is -2.23. The molecule has 0 saturated heterocycles. The average molecular weight is 208 g/mol. The summed E-state index contributed by atoms with van der Waals surface area (Å²) in [7, 11) is 1.65. The highest BCUT2D eigenvalue weighted by Gasteiger charge is 2.18. The summed E-state index contributed by atoms with van der Waals surface area (Å²) >= 11 is 0. The molecule has 1 rings (SSSR count). The fourth-order valence-corrected chi connectivity index (χ4v) is 1.46. The Balaban J connectivity index is 2.78. The monoisotopic (exact) mass is 208 g/mol. The van der Waals surface area contributed by atoms with Gasteiger partial charge in [-0.05, 0) is 23.6 Å². The third kappa shape index (κ3) is 2.94. The molecule has 0 fully saturated rings. The maximum Gasteiger partial charge on any atom is 0.118 e. The zero-order valence-corrected chi connectivity index (χ0v) is 9.60. The van der Waals surface area contributed by atoms with Crippen LogP contribution in [0.25, 0.3) is 0 Å². The van der Waals surface area contributed by atoms with Crippen LogP contribution in [0, 0.1) is 5.92 Å². The highest BCUT2D eigenvalue weighted by Crippen LogP contribution is 2.20. The molecule has 0 saturated carbocycles. The van der Waals surface area contributed by atoms with Crippen LogP contribution < -0.4 is 16.2 Å². The molecule has 0 heterocycles. The predicted octanol–water partition coefficient (Wildman–Crippen LogP) is 1.68. The first kappa shape index (κ1) is 12.0. The van der Waals surface area contributed by atoms with Gasteiger partial charge in [0.1, 0.15) is 5.75 Å². The Bertz CT molecular complexity index is 295. The Morgan fingerprint density at radius 1 is 1.07 bits per heavy atom. The van der Waals surface area contributed by atoms with E-state index in [2.05, 4.69) is 13.8 Å². The highest BCUT2D eigenvalue weighted by molar-refractivity contribution is 5.29. The fourth-order valence-electron chi connectivity index (χ4n) is 1.46. The SMILES string of the molecule is COc1ccc([C@@H](N)[C@@H](N)C(C)C)cc1. The molecule has 84 valence electrons. The van der Waals surface area contributed by atoms with E-state index in [0.29, 0.717) is 5.92 Å². The summed E-state index contributed by atoms with van der Waals surface area (Å²) in [6, 6.07) is 7.61. The molecule has 0 aromatic heterocycles. The highest BCUT2D eigenvalue weighted by atomic mass is 16.5. The number of ether oxygens (including phenoxy) is 1. The van der Waals surface area contributed by atoms with E-state index in [4.69, 9.17) is 16.2 Å². The molecular weight excluding hydrogens is 188 g/mol. The van der Waals surface area contributed by atoms with Gasteiger partial charge in [-0.25, -0.2) is 0 Å². The van der Waals surface area contributed by atoms with Crippen molar-refractivity contribution in [1.29, 1.82) is 0 Å². The van der Waals surface area contributed by atoms with Gasteiger partial charge in [0.15, 0.2) is 0 Å². The van der Waals surface area contributed by atoms with Crippen molar-refractivity contribution in [2.45, 2.75) is 25.9 Å². The Labute approximate surface area is 91.4 Å². The minimum absolute atomic E-state index is 0.0154. The number of hydrogen-bond donors (Lipinski definition) is 2. The van der Waals surface area contributed by atoms with Gasteiger partial charge in [-0.3, -0.25) is 0 Å². The van der Waals surface area contributed by atoms with Gasteiger partial charge in [0.2, 0.25) is 0 Å². The first-order valence-corrected chi connectivity index (χ1v) is 5.21. The zero-order valence-electron chi connectivity index (χ0n) is 9.60. The quantitative estimate of drug-likeness (QED) is 0.791. The largest absolute Gasteiger partial charge is 0.497 e. The maximum atomic E-state index is 6.07. The van der Waals surface area contributed by atoms with Crippen LogP contribution in [0.2, 0.25) is 0 Å². The molecule has 15 heavy (non-hydrogen) atoms. The number of nitrogens with two attached hydrogens (primary N) is 2. The second-order valence-electron chi connectivity index (χ2n) is 4.12. The van der Waals surface area contributed by atoms with Crippen molar-refractivity contribution in [3.63, 3.8) is 0 Å². The lowest BCUT2D eigenvalue weighted by atomic mass is 9.93. The summed E-state index contributed by atoms with van der Waals surface area (Å²) < 4.78 is 5.08. The van der Waals surface area contributed by atoms with Crippen molar-refractivity contribution < 1.29 is 4.74 Å². The fraction of sp³-hybridized carbons (Fsp3) is 0.500.